The van der Waals surface area contributed by atoms with Crippen molar-refractivity contribution in [3.8, 4) is 23.0 Å². The Balaban J connectivity index is 0.967. The second-order valence-electron chi connectivity index (χ2n) is 12.4. The van der Waals surface area contributed by atoms with E-state index >= 15 is 0 Å². The zero-order valence-electron chi connectivity index (χ0n) is 25.7. The van der Waals surface area contributed by atoms with Crippen LogP contribution in [0.4, 0.5) is 0 Å². The Kier molecular flexibility index (Phi) is 8.54. The maximum atomic E-state index is 10.5. The summed E-state index contributed by atoms with van der Waals surface area (Å²) < 4.78 is 33.3. The fraction of sp³-hybridized carbons (Fsp3) is 0.351. The van der Waals surface area contributed by atoms with Gasteiger partial charge in [0.15, 0.2) is 0 Å². The van der Waals surface area contributed by atoms with Crippen LogP contribution >= 0.6 is 0 Å². The van der Waals surface area contributed by atoms with Gasteiger partial charge in [0, 0.05) is 10.8 Å². The van der Waals surface area contributed by atoms with Gasteiger partial charge in [-0.05, 0) is 70.8 Å². The lowest BCUT2D eigenvalue weighted by Gasteiger charge is -2.26. The summed E-state index contributed by atoms with van der Waals surface area (Å²) in [7, 11) is 0. The summed E-state index contributed by atoms with van der Waals surface area (Å²) in [6.45, 7) is 10.3. The molecule has 4 aromatic carbocycles. The fourth-order valence-corrected chi connectivity index (χ4v) is 5.12. The molecule has 0 amide bonds. The second-order valence-corrected chi connectivity index (χ2v) is 12.4. The van der Waals surface area contributed by atoms with Crippen LogP contribution in [-0.4, -0.2) is 50.2 Å². The Morgan fingerprint density at radius 1 is 0.545 bits per heavy atom. The highest BCUT2D eigenvalue weighted by Gasteiger charge is 2.27. The largest absolute Gasteiger partial charge is 0.491 e. The van der Waals surface area contributed by atoms with Crippen molar-refractivity contribution >= 4 is 0 Å². The van der Waals surface area contributed by atoms with Crippen LogP contribution in [0.5, 0.6) is 23.0 Å². The molecule has 4 aromatic rings. The van der Waals surface area contributed by atoms with Gasteiger partial charge in [0.05, 0.1) is 0 Å². The van der Waals surface area contributed by atoms with Crippen LogP contribution in [0.3, 0.4) is 0 Å². The Labute approximate surface area is 259 Å². The van der Waals surface area contributed by atoms with Crippen molar-refractivity contribution in [2.24, 2.45) is 0 Å². The van der Waals surface area contributed by atoms with Crippen molar-refractivity contribution < 1.29 is 33.5 Å². The van der Waals surface area contributed by atoms with Crippen molar-refractivity contribution in [2.45, 2.75) is 57.2 Å². The first-order valence-corrected chi connectivity index (χ1v) is 15.1. The van der Waals surface area contributed by atoms with E-state index in [4.69, 9.17) is 28.4 Å². The summed E-state index contributed by atoms with van der Waals surface area (Å²) in [5.74, 6) is 3.02. The van der Waals surface area contributed by atoms with Crippen LogP contribution in [-0.2, 0) is 20.3 Å². The first kappa shape index (κ1) is 30.0. The van der Waals surface area contributed by atoms with Gasteiger partial charge in [0.2, 0.25) is 12.6 Å². The van der Waals surface area contributed by atoms with Crippen molar-refractivity contribution in [3.63, 3.8) is 0 Å². The smallest absolute Gasteiger partial charge is 0.223 e. The highest BCUT2D eigenvalue weighted by Crippen LogP contribution is 2.35. The van der Waals surface area contributed by atoms with Crippen LogP contribution in [0.15, 0.2) is 97.1 Å². The second kappa shape index (κ2) is 12.5. The standard InChI is InChI=1S/C37H40O7/c1-36(2,27-9-17-32(18-10-27)43-34-23-41-34)25-5-13-30(14-6-25)39-21-29(38)22-40-31-15-7-26(8-16-31)37(3,4)28-11-19-33(20-12-28)44-35-24-42-35/h5-20,29,34-35,38H,21-24H2,1-4H3. The van der Waals surface area contributed by atoms with Crippen molar-refractivity contribution in [3.05, 3.63) is 119 Å². The maximum Gasteiger partial charge on any atom is 0.223 e. The van der Waals surface area contributed by atoms with Crippen LogP contribution < -0.4 is 18.9 Å². The number of aliphatic hydroxyl groups excluding tert-OH is 1. The average molecular weight is 597 g/mol. The third-order valence-corrected chi connectivity index (χ3v) is 8.33. The van der Waals surface area contributed by atoms with Gasteiger partial charge in [-0.15, -0.1) is 0 Å². The molecule has 0 saturated carbocycles. The molecule has 7 heteroatoms. The van der Waals surface area contributed by atoms with Gasteiger partial charge < -0.3 is 33.5 Å². The summed E-state index contributed by atoms with van der Waals surface area (Å²) in [6, 6.07) is 32.3. The van der Waals surface area contributed by atoms with E-state index in [0.717, 1.165) is 22.6 Å². The van der Waals surface area contributed by atoms with E-state index in [2.05, 4.69) is 76.2 Å². The molecule has 1 N–H and O–H groups in total. The molecule has 7 nitrogen and oxygen atoms in total. The number of hydrogen-bond donors (Lipinski definition) is 1. The molecule has 2 heterocycles. The van der Waals surface area contributed by atoms with Gasteiger partial charge in [0.25, 0.3) is 0 Å². The SMILES string of the molecule is CC(C)(c1ccc(OCC(O)COc2ccc(C(C)(C)c3ccc(OC4CO4)cc3)cc2)cc1)c1ccc(OC2CO2)cc1. The molecule has 2 aliphatic heterocycles. The Bertz CT molecular complexity index is 1390. The van der Waals surface area contributed by atoms with Gasteiger partial charge in [0.1, 0.15) is 55.5 Å². The van der Waals surface area contributed by atoms with Crippen LogP contribution in [0.1, 0.15) is 49.9 Å². The van der Waals surface area contributed by atoms with Crippen molar-refractivity contribution in [1.82, 2.24) is 0 Å². The molecule has 44 heavy (non-hydrogen) atoms. The highest BCUT2D eigenvalue weighted by atomic mass is 16.8. The van der Waals surface area contributed by atoms with E-state index in [1.807, 2.05) is 48.5 Å². The molecular weight excluding hydrogens is 556 g/mol. The van der Waals surface area contributed by atoms with Crippen LogP contribution in [0.2, 0.25) is 0 Å². The summed E-state index contributed by atoms with van der Waals surface area (Å²) in [5, 5.41) is 10.5. The minimum absolute atomic E-state index is 0.102. The lowest BCUT2D eigenvalue weighted by atomic mass is 9.78. The normalized spacial score (nSPS) is 18.3. The Hall–Kier alpha value is -4.04. The van der Waals surface area contributed by atoms with Gasteiger partial charge >= 0.3 is 0 Å². The molecule has 0 aromatic heterocycles. The predicted octanol–water partition coefficient (Wildman–Crippen LogP) is 6.63. The number of epoxide rings is 2. The lowest BCUT2D eigenvalue weighted by molar-refractivity contribution is 0.0626. The summed E-state index contributed by atoms with van der Waals surface area (Å²) >= 11 is 0. The average Bonchev–Trinajstić information content (AvgIpc) is 3.98. The van der Waals surface area contributed by atoms with Crippen molar-refractivity contribution in [1.29, 1.82) is 0 Å². The molecule has 2 fully saturated rings. The first-order valence-electron chi connectivity index (χ1n) is 15.1. The van der Waals surface area contributed by atoms with Gasteiger partial charge in [-0.2, -0.15) is 0 Å². The van der Waals surface area contributed by atoms with Crippen LogP contribution in [0.25, 0.3) is 0 Å². The number of ether oxygens (including phenoxy) is 6. The van der Waals surface area contributed by atoms with Gasteiger partial charge in [-0.3, -0.25) is 0 Å². The molecule has 0 aliphatic carbocycles. The minimum atomic E-state index is -0.772. The zero-order chi connectivity index (χ0) is 30.7. The van der Waals surface area contributed by atoms with E-state index in [-0.39, 0.29) is 36.6 Å². The number of rotatable bonds is 14. The molecular formula is C37H40O7. The molecule has 2 saturated heterocycles. The molecule has 230 valence electrons. The molecule has 6 rings (SSSR count). The van der Waals surface area contributed by atoms with E-state index in [1.54, 1.807) is 0 Å². The van der Waals surface area contributed by atoms with Gasteiger partial charge in [-0.25, -0.2) is 0 Å². The first-order chi connectivity index (χ1) is 21.2. The predicted molar refractivity (Wildman–Crippen MR) is 168 cm³/mol. The highest BCUT2D eigenvalue weighted by molar-refractivity contribution is 5.43. The van der Waals surface area contributed by atoms with E-state index in [1.165, 1.54) is 11.1 Å². The summed E-state index contributed by atoms with van der Waals surface area (Å²) in [6.07, 6.45) is -0.977. The fourth-order valence-electron chi connectivity index (χ4n) is 5.12. The molecule has 2 aliphatic rings. The van der Waals surface area contributed by atoms with Crippen molar-refractivity contribution in [2.75, 3.05) is 26.4 Å². The molecule has 0 bridgehead atoms. The Morgan fingerprint density at radius 2 is 0.818 bits per heavy atom. The maximum absolute atomic E-state index is 10.5. The van der Waals surface area contributed by atoms with E-state index in [0.29, 0.717) is 24.7 Å². The quantitative estimate of drug-likeness (QED) is 0.164. The number of aliphatic hydroxyl groups is 1. The van der Waals surface area contributed by atoms with Crippen LogP contribution in [0, 0.1) is 0 Å². The molecule has 2 atom stereocenters. The Morgan fingerprint density at radius 3 is 1.09 bits per heavy atom. The number of hydrogen-bond acceptors (Lipinski definition) is 7. The molecule has 0 radical (unpaired) electrons. The third-order valence-electron chi connectivity index (χ3n) is 8.33. The van der Waals surface area contributed by atoms with E-state index < -0.39 is 6.10 Å². The third kappa shape index (κ3) is 7.36. The number of benzene rings is 4. The zero-order valence-corrected chi connectivity index (χ0v) is 25.7. The van der Waals surface area contributed by atoms with Gasteiger partial charge in [-0.1, -0.05) is 76.2 Å². The topological polar surface area (TPSA) is 82.2 Å². The molecule has 2 unspecified atom stereocenters. The monoisotopic (exact) mass is 596 g/mol. The lowest BCUT2D eigenvalue weighted by Crippen LogP contribution is -2.25. The molecule has 0 spiro atoms. The summed E-state index contributed by atoms with van der Waals surface area (Å²) in [4.78, 5) is 0. The summed E-state index contributed by atoms with van der Waals surface area (Å²) in [5.41, 5.74) is 4.29. The minimum Gasteiger partial charge on any atom is -0.491 e. The van der Waals surface area contributed by atoms with E-state index in [9.17, 15) is 5.11 Å².